The second-order valence-electron chi connectivity index (χ2n) is 5.24. The standard InChI is InChI=1S/C15H19ClINO/c1-2-10-4-3-5-12(8-10)18-15(19)11-6-7-14(17)13(16)9-11/h6-7,9-10,12H,2-5,8H2,1H3,(H,18,19). The van der Waals surface area contributed by atoms with Gasteiger partial charge in [0, 0.05) is 15.2 Å². The van der Waals surface area contributed by atoms with Gasteiger partial charge in [-0.05, 0) is 59.5 Å². The number of halogens is 2. The second-order valence-corrected chi connectivity index (χ2v) is 6.81. The molecule has 1 aromatic carbocycles. The van der Waals surface area contributed by atoms with Crippen molar-refractivity contribution in [2.24, 2.45) is 5.92 Å². The minimum atomic E-state index is 0.0000491. The molecule has 104 valence electrons. The van der Waals surface area contributed by atoms with Crippen LogP contribution in [0.2, 0.25) is 5.02 Å². The molecule has 0 heterocycles. The van der Waals surface area contributed by atoms with E-state index in [0.717, 1.165) is 22.3 Å². The number of rotatable bonds is 3. The average molecular weight is 392 g/mol. The maximum Gasteiger partial charge on any atom is 0.251 e. The molecule has 4 heteroatoms. The lowest BCUT2D eigenvalue weighted by molar-refractivity contribution is 0.0919. The Morgan fingerprint density at radius 1 is 1.47 bits per heavy atom. The third-order valence-corrected chi connectivity index (χ3v) is 5.45. The van der Waals surface area contributed by atoms with Crippen molar-refractivity contribution in [3.63, 3.8) is 0 Å². The first kappa shape index (κ1) is 15.1. The zero-order valence-electron chi connectivity index (χ0n) is 11.1. The summed E-state index contributed by atoms with van der Waals surface area (Å²) in [6.45, 7) is 2.23. The Labute approximate surface area is 133 Å². The van der Waals surface area contributed by atoms with Crippen molar-refractivity contribution in [2.75, 3.05) is 0 Å². The third kappa shape index (κ3) is 4.09. The van der Waals surface area contributed by atoms with Gasteiger partial charge in [0.25, 0.3) is 5.91 Å². The fourth-order valence-electron chi connectivity index (χ4n) is 2.70. The van der Waals surface area contributed by atoms with E-state index in [1.807, 2.05) is 12.1 Å². The van der Waals surface area contributed by atoms with Crippen LogP contribution in [-0.4, -0.2) is 11.9 Å². The molecule has 2 atom stereocenters. The van der Waals surface area contributed by atoms with E-state index in [-0.39, 0.29) is 5.91 Å². The molecule has 1 fully saturated rings. The van der Waals surface area contributed by atoms with Crippen LogP contribution in [0.3, 0.4) is 0 Å². The highest BCUT2D eigenvalue weighted by atomic mass is 127. The highest BCUT2D eigenvalue weighted by molar-refractivity contribution is 14.1. The predicted octanol–water partition coefficient (Wildman–Crippen LogP) is 4.64. The number of carbonyl (C=O) groups excluding carboxylic acids is 1. The lowest BCUT2D eigenvalue weighted by atomic mass is 9.84. The molecule has 19 heavy (non-hydrogen) atoms. The van der Waals surface area contributed by atoms with Crippen molar-refractivity contribution in [1.82, 2.24) is 5.32 Å². The van der Waals surface area contributed by atoms with Gasteiger partial charge in [-0.25, -0.2) is 0 Å². The Kier molecular flexibility index (Phi) is 5.51. The van der Waals surface area contributed by atoms with Gasteiger partial charge in [0.1, 0.15) is 0 Å². The van der Waals surface area contributed by atoms with Gasteiger partial charge in [-0.2, -0.15) is 0 Å². The molecule has 1 amide bonds. The van der Waals surface area contributed by atoms with E-state index in [2.05, 4.69) is 34.8 Å². The zero-order valence-corrected chi connectivity index (χ0v) is 14.0. The lowest BCUT2D eigenvalue weighted by Gasteiger charge is -2.29. The Hall–Kier alpha value is -0.290. The first-order valence-electron chi connectivity index (χ1n) is 6.86. The van der Waals surface area contributed by atoms with Crippen molar-refractivity contribution < 1.29 is 4.79 Å². The molecule has 0 aliphatic heterocycles. The summed E-state index contributed by atoms with van der Waals surface area (Å²) in [4.78, 5) is 12.2. The van der Waals surface area contributed by atoms with Crippen molar-refractivity contribution in [3.05, 3.63) is 32.4 Å². The largest absolute Gasteiger partial charge is 0.349 e. The number of benzene rings is 1. The summed E-state index contributed by atoms with van der Waals surface area (Å²) in [6, 6.07) is 5.79. The molecule has 1 saturated carbocycles. The molecule has 0 saturated heterocycles. The molecule has 1 aliphatic carbocycles. The van der Waals surface area contributed by atoms with Crippen molar-refractivity contribution in [2.45, 2.75) is 45.1 Å². The maximum atomic E-state index is 12.2. The molecule has 2 rings (SSSR count). The van der Waals surface area contributed by atoms with E-state index < -0.39 is 0 Å². The van der Waals surface area contributed by atoms with Crippen LogP contribution in [0, 0.1) is 9.49 Å². The fourth-order valence-corrected chi connectivity index (χ4v) is 3.22. The van der Waals surface area contributed by atoms with Crippen LogP contribution in [0.5, 0.6) is 0 Å². The second kappa shape index (κ2) is 6.93. The molecule has 0 bridgehead atoms. The number of hydrogen-bond acceptors (Lipinski definition) is 1. The summed E-state index contributed by atoms with van der Waals surface area (Å²) in [5.74, 6) is 0.763. The number of amides is 1. The summed E-state index contributed by atoms with van der Waals surface area (Å²) in [5.41, 5.74) is 0.657. The molecule has 0 spiro atoms. The highest BCUT2D eigenvalue weighted by Gasteiger charge is 2.22. The normalized spacial score (nSPS) is 23.1. The minimum absolute atomic E-state index is 0.0000491. The summed E-state index contributed by atoms with van der Waals surface area (Å²) >= 11 is 8.22. The highest BCUT2D eigenvalue weighted by Crippen LogP contribution is 2.27. The van der Waals surface area contributed by atoms with E-state index in [0.29, 0.717) is 16.6 Å². The molecule has 1 aliphatic rings. The van der Waals surface area contributed by atoms with Gasteiger partial charge in [-0.3, -0.25) is 4.79 Å². The van der Waals surface area contributed by atoms with Crippen LogP contribution in [0.1, 0.15) is 49.4 Å². The van der Waals surface area contributed by atoms with Crippen LogP contribution in [0.15, 0.2) is 18.2 Å². The monoisotopic (exact) mass is 391 g/mol. The SMILES string of the molecule is CCC1CCCC(NC(=O)c2ccc(I)c(Cl)c2)C1. The van der Waals surface area contributed by atoms with Crippen LogP contribution in [0.4, 0.5) is 0 Å². The van der Waals surface area contributed by atoms with Crippen LogP contribution in [-0.2, 0) is 0 Å². The van der Waals surface area contributed by atoms with E-state index in [9.17, 15) is 4.79 Å². The number of nitrogens with one attached hydrogen (secondary N) is 1. The Morgan fingerprint density at radius 3 is 2.95 bits per heavy atom. The number of carbonyl (C=O) groups is 1. The first-order valence-corrected chi connectivity index (χ1v) is 8.31. The van der Waals surface area contributed by atoms with Gasteiger partial charge in [0.15, 0.2) is 0 Å². The molecular weight excluding hydrogens is 373 g/mol. The van der Waals surface area contributed by atoms with Crippen LogP contribution < -0.4 is 5.32 Å². The van der Waals surface area contributed by atoms with E-state index in [1.54, 1.807) is 6.07 Å². The van der Waals surface area contributed by atoms with E-state index >= 15 is 0 Å². The van der Waals surface area contributed by atoms with Gasteiger partial charge in [-0.15, -0.1) is 0 Å². The van der Waals surface area contributed by atoms with Crippen LogP contribution in [0.25, 0.3) is 0 Å². The number of hydrogen-bond donors (Lipinski definition) is 1. The Balaban J connectivity index is 1.98. The van der Waals surface area contributed by atoms with Gasteiger partial charge in [-0.1, -0.05) is 37.8 Å². The predicted molar refractivity (Wildman–Crippen MR) is 87.7 cm³/mol. The minimum Gasteiger partial charge on any atom is -0.349 e. The average Bonchev–Trinajstić information content (AvgIpc) is 2.42. The molecule has 2 nitrogen and oxygen atoms in total. The maximum absolute atomic E-state index is 12.2. The molecule has 0 aromatic heterocycles. The first-order chi connectivity index (χ1) is 9.10. The smallest absolute Gasteiger partial charge is 0.251 e. The molecule has 2 unspecified atom stereocenters. The third-order valence-electron chi connectivity index (χ3n) is 3.88. The summed E-state index contributed by atoms with van der Waals surface area (Å²) in [6.07, 6.45) is 5.94. The van der Waals surface area contributed by atoms with Crippen molar-refractivity contribution in [3.8, 4) is 0 Å². The Morgan fingerprint density at radius 2 is 2.26 bits per heavy atom. The summed E-state index contributed by atoms with van der Waals surface area (Å²) in [5, 5.41) is 3.79. The zero-order chi connectivity index (χ0) is 13.8. The molecular formula is C15H19ClINO. The van der Waals surface area contributed by atoms with Crippen LogP contribution >= 0.6 is 34.2 Å². The van der Waals surface area contributed by atoms with Gasteiger partial charge < -0.3 is 5.32 Å². The summed E-state index contributed by atoms with van der Waals surface area (Å²) < 4.78 is 0.972. The topological polar surface area (TPSA) is 29.1 Å². The van der Waals surface area contributed by atoms with Gasteiger partial charge in [0.05, 0.1) is 5.02 Å². The van der Waals surface area contributed by atoms with Gasteiger partial charge in [0.2, 0.25) is 0 Å². The molecule has 0 radical (unpaired) electrons. The van der Waals surface area contributed by atoms with Gasteiger partial charge >= 0.3 is 0 Å². The Bertz CT molecular complexity index is 463. The fraction of sp³-hybridized carbons (Fsp3) is 0.533. The van der Waals surface area contributed by atoms with E-state index in [1.165, 1.54) is 19.3 Å². The van der Waals surface area contributed by atoms with E-state index in [4.69, 9.17) is 11.6 Å². The van der Waals surface area contributed by atoms with Crippen molar-refractivity contribution >= 4 is 40.1 Å². The summed E-state index contributed by atoms with van der Waals surface area (Å²) in [7, 11) is 0. The lowest BCUT2D eigenvalue weighted by Crippen LogP contribution is -2.38. The molecule has 1 N–H and O–H groups in total. The quantitative estimate of drug-likeness (QED) is 0.747. The molecule has 1 aromatic rings. The van der Waals surface area contributed by atoms with Crippen molar-refractivity contribution in [1.29, 1.82) is 0 Å².